The van der Waals surface area contributed by atoms with Gasteiger partial charge in [0.25, 0.3) is 0 Å². The van der Waals surface area contributed by atoms with Gasteiger partial charge in [0.15, 0.2) is 0 Å². The van der Waals surface area contributed by atoms with E-state index in [4.69, 9.17) is 4.74 Å². The summed E-state index contributed by atoms with van der Waals surface area (Å²) in [7, 11) is 1.64. The van der Waals surface area contributed by atoms with Crippen LogP contribution in [0, 0.1) is 11.7 Å². The molecular formula is C25H29FN2O2. The number of halogens is 1. The highest BCUT2D eigenvalue weighted by Crippen LogP contribution is 2.33. The second-order valence-electron chi connectivity index (χ2n) is 8.31. The largest absolute Gasteiger partial charge is 0.497 e. The summed E-state index contributed by atoms with van der Waals surface area (Å²) in [5.41, 5.74) is 1.95. The molecule has 4 nitrogen and oxygen atoms in total. The molecule has 0 radical (unpaired) electrons. The lowest BCUT2D eigenvalue weighted by molar-refractivity contribution is -0.139. The Labute approximate surface area is 177 Å². The summed E-state index contributed by atoms with van der Waals surface area (Å²) in [6.07, 6.45) is 6.82. The lowest BCUT2D eigenvalue weighted by Gasteiger charge is -2.38. The van der Waals surface area contributed by atoms with E-state index in [0.29, 0.717) is 6.54 Å². The first-order chi connectivity index (χ1) is 14.5. The topological polar surface area (TPSA) is 32.8 Å². The lowest BCUT2D eigenvalue weighted by Crippen LogP contribution is -2.49. The molecule has 0 unspecified atom stereocenters. The van der Waals surface area contributed by atoms with E-state index in [1.807, 2.05) is 36.1 Å². The van der Waals surface area contributed by atoms with Crippen LogP contribution in [0.5, 0.6) is 5.75 Å². The molecule has 1 amide bonds. The number of hydrogen-bond acceptors (Lipinski definition) is 3. The maximum atomic E-state index is 13.6. The Morgan fingerprint density at radius 1 is 1.07 bits per heavy atom. The van der Waals surface area contributed by atoms with Crippen LogP contribution in [0.15, 0.2) is 60.7 Å². The second kappa shape index (κ2) is 9.00. The molecule has 5 heteroatoms. The van der Waals surface area contributed by atoms with Gasteiger partial charge in [0.2, 0.25) is 5.91 Å². The van der Waals surface area contributed by atoms with Gasteiger partial charge < -0.3 is 9.64 Å². The summed E-state index contributed by atoms with van der Waals surface area (Å²) in [5, 5.41) is 0. The summed E-state index contributed by atoms with van der Waals surface area (Å²) in [4.78, 5) is 17.8. The van der Waals surface area contributed by atoms with Crippen LogP contribution in [0.25, 0.3) is 0 Å². The van der Waals surface area contributed by atoms with Gasteiger partial charge in [-0.15, -0.1) is 0 Å². The maximum Gasteiger partial charge on any atom is 0.240 e. The van der Waals surface area contributed by atoms with Crippen molar-refractivity contribution in [2.75, 3.05) is 20.2 Å². The molecule has 1 saturated carbocycles. The maximum absolute atomic E-state index is 13.6. The predicted octanol–water partition coefficient (Wildman–Crippen LogP) is 4.57. The monoisotopic (exact) mass is 408 g/mol. The van der Waals surface area contributed by atoms with Crippen LogP contribution in [0.1, 0.15) is 36.9 Å². The summed E-state index contributed by atoms with van der Waals surface area (Å²) in [5.74, 6) is 1.34. The molecule has 0 spiro atoms. The highest BCUT2D eigenvalue weighted by Gasteiger charge is 2.34. The Morgan fingerprint density at radius 2 is 1.77 bits per heavy atom. The van der Waals surface area contributed by atoms with Gasteiger partial charge in [-0.05, 0) is 61.1 Å². The van der Waals surface area contributed by atoms with Crippen molar-refractivity contribution in [1.29, 1.82) is 0 Å². The minimum Gasteiger partial charge on any atom is -0.497 e. The van der Waals surface area contributed by atoms with Crippen LogP contribution >= 0.6 is 0 Å². The van der Waals surface area contributed by atoms with E-state index in [0.717, 1.165) is 35.9 Å². The fourth-order valence-corrected chi connectivity index (χ4v) is 4.04. The molecule has 1 aliphatic heterocycles. The Balaban J connectivity index is 1.66. The Kier molecular flexibility index (Phi) is 6.18. The first-order valence-electron chi connectivity index (χ1n) is 10.6. The molecule has 2 aromatic rings. The minimum atomic E-state index is -0.270. The number of carbonyl (C=O) groups is 1. The van der Waals surface area contributed by atoms with E-state index in [9.17, 15) is 9.18 Å². The summed E-state index contributed by atoms with van der Waals surface area (Å²) >= 11 is 0. The number of ether oxygens (including phenoxy) is 1. The highest BCUT2D eigenvalue weighted by atomic mass is 19.1. The average molecular weight is 409 g/mol. The number of carbonyl (C=O) groups excluding carboxylic acids is 1. The number of methoxy groups -OCH3 is 1. The third kappa shape index (κ3) is 4.73. The molecule has 2 atom stereocenters. The van der Waals surface area contributed by atoms with E-state index >= 15 is 0 Å². The smallest absolute Gasteiger partial charge is 0.240 e. The van der Waals surface area contributed by atoms with Crippen molar-refractivity contribution in [3.8, 4) is 5.75 Å². The van der Waals surface area contributed by atoms with Crippen molar-refractivity contribution in [2.45, 2.75) is 38.4 Å². The van der Waals surface area contributed by atoms with E-state index in [1.54, 1.807) is 19.2 Å². The van der Waals surface area contributed by atoms with Crippen molar-refractivity contribution < 1.29 is 13.9 Å². The molecule has 0 N–H and O–H groups in total. The number of nitrogens with zero attached hydrogens (tertiary/aromatic N) is 2. The first kappa shape index (κ1) is 20.6. The van der Waals surface area contributed by atoms with E-state index < -0.39 is 0 Å². The lowest BCUT2D eigenvalue weighted by atomic mass is 10.0. The summed E-state index contributed by atoms with van der Waals surface area (Å²) in [6, 6.07) is 13.9. The average Bonchev–Trinajstić information content (AvgIpc) is 3.59. The van der Waals surface area contributed by atoms with Gasteiger partial charge in [-0.2, -0.15) is 0 Å². The number of rotatable bonds is 6. The van der Waals surface area contributed by atoms with E-state index in [2.05, 4.69) is 17.1 Å². The quantitative estimate of drug-likeness (QED) is 0.656. The Bertz CT molecular complexity index is 890. The van der Waals surface area contributed by atoms with E-state index in [1.165, 1.54) is 25.0 Å². The summed E-state index contributed by atoms with van der Waals surface area (Å²) in [6.45, 7) is 4.18. The molecular weight excluding hydrogens is 379 g/mol. The third-order valence-electron chi connectivity index (χ3n) is 6.10. The fourth-order valence-electron chi connectivity index (χ4n) is 4.04. The molecule has 1 heterocycles. The third-order valence-corrected chi connectivity index (χ3v) is 6.10. The molecule has 4 rings (SSSR count). The standard InChI is InChI=1S/C25H29FN2O2/c1-18-25(29)28(17-20-7-11-22(26)12-8-20)24(21-9-13-23(30-2)14-10-21)4-3-15-27(18)16-19-5-6-19/h3-4,7-14,18-19,24H,5-6,15-17H2,1-2H3/b4-3-/t18-,24+/m0/s1. The van der Waals surface area contributed by atoms with Gasteiger partial charge in [-0.25, -0.2) is 4.39 Å². The van der Waals surface area contributed by atoms with Crippen LogP contribution in [-0.4, -0.2) is 41.9 Å². The summed E-state index contributed by atoms with van der Waals surface area (Å²) < 4.78 is 18.7. The second-order valence-corrected chi connectivity index (χ2v) is 8.31. The van der Waals surface area contributed by atoms with Crippen molar-refractivity contribution in [1.82, 2.24) is 9.80 Å². The molecule has 158 valence electrons. The van der Waals surface area contributed by atoms with Crippen LogP contribution in [0.3, 0.4) is 0 Å². The van der Waals surface area contributed by atoms with Gasteiger partial charge in [-0.3, -0.25) is 9.69 Å². The van der Waals surface area contributed by atoms with Crippen LogP contribution in [-0.2, 0) is 11.3 Å². The molecule has 0 bridgehead atoms. The molecule has 1 fully saturated rings. The molecule has 1 aliphatic carbocycles. The molecule has 30 heavy (non-hydrogen) atoms. The Hall–Kier alpha value is -2.66. The first-order valence-corrected chi connectivity index (χ1v) is 10.6. The van der Waals surface area contributed by atoms with Crippen molar-refractivity contribution >= 4 is 5.91 Å². The van der Waals surface area contributed by atoms with Crippen LogP contribution in [0.2, 0.25) is 0 Å². The highest BCUT2D eigenvalue weighted by molar-refractivity contribution is 5.82. The molecule has 2 aromatic carbocycles. The number of hydrogen-bond donors (Lipinski definition) is 0. The van der Waals surface area contributed by atoms with Gasteiger partial charge in [0, 0.05) is 19.6 Å². The molecule has 2 aliphatic rings. The van der Waals surface area contributed by atoms with Crippen molar-refractivity contribution in [3.05, 3.63) is 77.6 Å². The van der Waals surface area contributed by atoms with Crippen LogP contribution < -0.4 is 4.74 Å². The minimum absolute atomic E-state index is 0.102. The van der Waals surface area contributed by atoms with Gasteiger partial charge in [-0.1, -0.05) is 36.4 Å². The van der Waals surface area contributed by atoms with Gasteiger partial charge >= 0.3 is 0 Å². The Morgan fingerprint density at radius 3 is 2.40 bits per heavy atom. The van der Waals surface area contributed by atoms with Crippen molar-refractivity contribution in [2.24, 2.45) is 5.92 Å². The van der Waals surface area contributed by atoms with Crippen LogP contribution in [0.4, 0.5) is 4.39 Å². The zero-order valence-electron chi connectivity index (χ0n) is 17.6. The van der Waals surface area contributed by atoms with E-state index in [-0.39, 0.29) is 23.8 Å². The SMILES string of the molecule is COc1ccc([C@H]2/C=C\CN(CC3CC3)[C@@H](C)C(=O)N2Cc2ccc(F)cc2)cc1. The van der Waals surface area contributed by atoms with Gasteiger partial charge in [0.05, 0.1) is 19.2 Å². The number of amides is 1. The van der Waals surface area contributed by atoms with Gasteiger partial charge in [0.1, 0.15) is 11.6 Å². The normalized spacial score (nSPS) is 23.7. The molecule has 0 aromatic heterocycles. The van der Waals surface area contributed by atoms with Crippen molar-refractivity contribution in [3.63, 3.8) is 0 Å². The molecule has 0 saturated heterocycles. The fraction of sp³-hybridized carbons (Fsp3) is 0.400. The number of benzene rings is 2. The zero-order valence-corrected chi connectivity index (χ0v) is 17.6. The predicted molar refractivity (Wildman–Crippen MR) is 116 cm³/mol. The zero-order chi connectivity index (χ0) is 21.1.